The maximum Gasteiger partial charge on any atom is 0.251 e. The summed E-state index contributed by atoms with van der Waals surface area (Å²) in [7, 11) is 1.72. The predicted octanol–water partition coefficient (Wildman–Crippen LogP) is 0.893. The van der Waals surface area contributed by atoms with Gasteiger partial charge in [0.15, 0.2) is 0 Å². The molecule has 2 N–H and O–H groups in total. The number of carbonyl (C=O) groups is 1. The number of aryl methyl sites for hydroxylation is 1. The van der Waals surface area contributed by atoms with Crippen molar-refractivity contribution in [2.24, 2.45) is 0 Å². The number of amides is 1. The molecule has 0 heterocycles. The maximum atomic E-state index is 12.2. The van der Waals surface area contributed by atoms with Crippen LogP contribution in [-0.4, -0.2) is 53.5 Å². The molecule has 0 aliphatic heterocycles. The molecular weight excluding hydrogens is 302 g/mol. The normalized spacial score (nSPS) is 11.7. The highest BCUT2D eigenvalue weighted by molar-refractivity contribution is 7.89. The number of nitrogens with one attached hydrogen (secondary N) is 2. The number of hydrogen-bond acceptors (Lipinski definition) is 4. The minimum absolute atomic E-state index is 0.147. The molecular formula is C15H25N3O3S. The first-order valence-electron chi connectivity index (χ1n) is 7.16. The number of hydrogen-bond donors (Lipinski definition) is 2. The zero-order valence-corrected chi connectivity index (χ0v) is 14.7. The van der Waals surface area contributed by atoms with E-state index in [0.717, 1.165) is 18.5 Å². The Kier molecular flexibility index (Phi) is 6.52. The highest BCUT2D eigenvalue weighted by atomic mass is 32.2. The molecule has 0 aliphatic rings. The largest absolute Gasteiger partial charge is 0.352 e. The van der Waals surface area contributed by atoms with Crippen molar-refractivity contribution in [2.75, 3.05) is 34.2 Å². The van der Waals surface area contributed by atoms with Crippen LogP contribution in [0.2, 0.25) is 0 Å². The fourth-order valence-corrected chi connectivity index (χ4v) is 3.11. The minimum Gasteiger partial charge on any atom is -0.352 e. The summed E-state index contributed by atoms with van der Waals surface area (Å²) in [4.78, 5) is 14.4. The second-order valence-corrected chi connectivity index (χ2v) is 7.39. The van der Waals surface area contributed by atoms with Crippen LogP contribution in [0.3, 0.4) is 0 Å². The molecule has 0 fully saturated rings. The van der Waals surface area contributed by atoms with Crippen molar-refractivity contribution >= 4 is 15.9 Å². The van der Waals surface area contributed by atoms with Gasteiger partial charge in [-0.3, -0.25) is 4.79 Å². The van der Waals surface area contributed by atoms with E-state index >= 15 is 0 Å². The maximum absolute atomic E-state index is 12.2. The molecule has 0 saturated heterocycles. The first kappa shape index (κ1) is 18.6. The van der Waals surface area contributed by atoms with Crippen molar-refractivity contribution in [2.45, 2.75) is 25.2 Å². The summed E-state index contributed by atoms with van der Waals surface area (Å²) >= 11 is 0. The van der Waals surface area contributed by atoms with Crippen molar-refractivity contribution in [3.63, 3.8) is 0 Å². The van der Waals surface area contributed by atoms with Crippen LogP contribution in [0.1, 0.15) is 27.9 Å². The summed E-state index contributed by atoms with van der Waals surface area (Å²) < 4.78 is 26.4. The fourth-order valence-electron chi connectivity index (χ4n) is 2.05. The highest BCUT2D eigenvalue weighted by Crippen LogP contribution is 2.20. The highest BCUT2D eigenvalue weighted by Gasteiger charge is 2.19. The third kappa shape index (κ3) is 4.79. The van der Waals surface area contributed by atoms with Crippen molar-refractivity contribution in [1.82, 2.24) is 14.9 Å². The second kappa shape index (κ2) is 7.71. The smallest absolute Gasteiger partial charge is 0.251 e. The average Bonchev–Trinajstić information content (AvgIpc) is 2.45. The van der Waals surface area contributed by atoms with E-state index in [2.05, 4.69) is 10.0 Å². The Morgan fingerprint density at radius 2 is 1.86 bits per heavy atom. The van der Waals surface area contributed by atoms with Crippen LogP contribution in [0.4, 0.5) is 0 Å². The Labute approximate surface area is 132 Å². The first-order chi connectivity index (χ1) is 10.2. The van der Waals surface area contributed by atoms with Crippen molar-refractivity contribution in [3.05, 3.63) is 28.8 Å². The van der Waals surface area contributed by atoms with Gasteiger partial charge in [0.1, 0.15) is 0 Å². The van der Waals surface area contributed by atoms with Gasteiger partial charge in [-0.05, 0) is 71.2 Å². The predicted molar refractivity (Wildman–Crippen MR) is 87.7 cm³/mol. The standard InChI is InChI=1S/C15H25N3O3S/c1-11-9-13(15(19)17-7-6-8-18(4)5)10-14(12(11)2)22(20,21)16-3/h9-10,16H,6-8H2,1-5H3,(H,17,19). The molecule has 1 rings (SSSR count). The molecule has 1 aromatic rings. The lowest BCUT2D eigenvalue weighted by atomic mass is 10.1. The van der Waals surface area contributed by atoms with Gasteiger partial charge >= 0.3 is 0 Å². The minimum atomic E-state index is -3.58. The van der Waals surface area contributed by atoms with E-state index in [1.807, 2.05) is 19.0 Å². The number of rotatable bonds is 7. The molecule has 7 heteroatoms. The van der Waals surface area contributed by atoms with Crippen molar-refractivity contribution in [1.29, 1.82) is 0 Å². The van der Waals surface area contributed by atoms with E-state index in [1.165, 1.54) is 13.1 Å². The van der Waals surface area contributed by atoms with E-state index < -0.39 is 10.0 Å². The van der Waals surface area contributed by atoms with Crippen LogP contribution >= 0.6 is 0 Å². The molecule has 0 spiro atoms. The molecule has 0 aromatic heterocycles. The lowest BCUT2D eigenvalue weighted by Crippen LogP contribution is -2.28. The van der Waals surface area contributed by atoms with Crippen molar-refractivity contribution < 1.29 is 13.2 Å². The van der Waals surface area contributed by atoms with E-state index in [-0.39, 0.29) is 10.8 Å². The van der Waals surface area contributed by atoms with Crippen LogP contribution in [0.15, 0.2) is 17.0 Å². The fraction of sp³-hybridized carbons (Fsp3) is 0.533. The number of carbonyl (C=O) groups excluding carboxylic acids is 1. The van der Waals surface area contributed by atoms with Gasteiger partial charge in [-0.2, -0.15) is 0 Å². The molecule has 0 aliphatic carbocycles. The van der Waals surface area contributed by atoms with Crippen LogP contribution in [0.25, 0.3) is 0 Å². The van der Waals surface area contributed by atoms with Gasteiger partial charge in [0.05, 0.1) is 4.90 Å². The Morgan fingerprint density at radius 3 is 2.41 bits per heavy atom. The third-order valence-corrected chi connectivity index (χ3v) is 5.05. The SMILES string of the molecule is CNS(=O)(=O)c1cc(C(=O)NCCCN(C)C)cc(C)c1C. The quantitative estimate of drug-likeness (QED) is 0.729. The Hall–Kier alpha value is -1.44. The summed E-state index contributed by atoms with van der Waals surface area (Å²) in [5.41, 5.74) is 1.79. The molecule has 1 amide bonds. The van der Waals surface area contributed by atoms with Gasteiger partial charge in [0, 0.05) is 12.1 Å². The zero-order valence-electron chi connectivity index (χ0n) is 13.9. The van der Waals surface area contributed by atoms with Crippen LogP contribution in [0.5, 0.6) is 0 Å². The summed E-state index contributed by atoms with van der Waals surface area (Å²) in [6.45, 7) is 4.97. The molecule has 0 radical (unpaired) electrons. The Bertz CT molecular complexity index is 640. The molecule has 0 unspecified atom stereocenters. The van der Waals surface area contributed by atoms with Crippen LogP contribution in [-0.2, 0) is 10.0 Å². The van der Waals surface area contributed by atoms with Gasteiger partial charge in [0.2, 0.25) is 10.0 Å². The third-order valence-electron chi connectivity index (χ3n) is 3.51. The van der Waals surface area contributed by atoms with Crippen LogP contribution in [0, 0.1) is 13.8 Å². The summed E-state index contributed by atoms with van der Waals surface area (Å²) in [5.74, 6) is -0.255. The van der Waals surface area contributed by atoms with Gasteiger partial charge < -0.3 is 10.2 Å². The molecule has 6 nitrogen and oxygen atoms in total. The molecule has 0 bridgehead atoms. The Morgan fingerprint density at radius 1 is 1.23 bits per heavy atom. The topological polar surface area (TPSA) is 78.5 Å². The Balaban J connectivity index is 2.94. The van der Waals surface area contributed by atoms with Gasteiger partial charge in [-0.25, -0.2) is 13.1 Å². The summed E-state index contributed by atoms with van der Waals surface area (Å²) in [5, 5.41) is 2.82. The number of nitrogens with zero attached hydrogens (tertiary/aromatic N) is 1. The van der Waals surface area contributed by atoms with E-state index in [1.54, 1.807) is 19.9 Å². The van der Waals surface area contributed by atoms with Gasteiger partial charge in [0.25, 0.3) is 5.91 Å². The van der Waals surface area contributed by atoms with Gasteiger partial charge in [-0.15, -0.1) is 0 Å². The molecule has 0 saturated carbocycles. The first-order valence-corrected chi connectivity index (χ1v) is 8.65. The van der Waals surface area contributed by atoms with Crippen LogP contribution < -0.4 is 10.0 Å². The second-order valence-electron chi connectivity index (χ2n) is 5.54. The lowest BCUT2D eigenvalue weighted by molar-refractivity contribution is 0.0952. The molecule has 124 valence electrons. The van der Waals surface area contributed by atoms with E-state index in [0.29, 0.717) is 17.7 Å². The van der Waals surface area contributed by atoms with E-state index in [4.69, 9.17) is 0 Å². The van der Waals surface area contributed by atoms with E-state index in [9.17, 15) is 13.2 Å². The summed E-state index contributed by atoms with van der Waals surface area (Å²) in [6, 6.07) is 3.14. The lowest BCUT2D eigenvalue weighted by Gasteiger charge is -2.13. The number of benzene rings is 1. The van der Waals surface area contributed by atoms with Gasteiger partial charge in [-0.1, -0.05) is 0 Å². The zero-order chi connectivity index (χ0) is 16.9. The molecule has 0 atom stereocenters. The number of sulfonamides is 1. The summed E-state index contributed by atoms with van der Waals surface area (Å²) in [6.07, 6.45) is 0.839. The molecule has 1 aromatic carbocycles. The average molecular weight is 327 g/mol. The monoisotopic (exact) mass is 327 g/mol. The molecule has 22 heavy (non-hydrogen) atoms. The van der Waals surface area contributed by atoms with Crippen molar-refractivity contribution in [3.8, 4) is 0 Å².